The van der Waals surface area contributed by atoms with Crippen LogP contribution in [0.15, 0.2) is 48.5 Å². The predicted molar refractivity (Wildman–Crippen MR) is 95.4 cm³/mol. The van der Waals surface area contributed by atoms with E-state index in [2.05, 4.69) is 5.32 Å². The van der Waals surface area contributed by atoms with Gasteiger partial charge in [0.1, 0.15) is 11.9 Å². The monoisotopic (exact) mass is 342 g/mol. The van der Waals surface area contributed by atoms with Crippen LogP contribution in [0.1, 0.15) is 23.6 Å². The van der Waals surface area contributed by atoms with Crippen LogP contribution in [-0.2, 0) is 22.6 Å². The number of amides is 2. The smallest absolute Gasteiger partial charge is 0.242 e. The molecule has 2 aromatic rings. The summed E-state index contributed by atoms with van der Waals surface area (Å²) in [7, 11) is 1.55. The minimum atomic E-state index is -0.598. The van der Waals surface area contributed by atoms with Crippen molar-refractivity contribution in [2.45, 2.75) is 32.9 Å². The molecule has 25 heavy (non-hydrogen) atoms. The van der Waals surface area contributed by atoms with Crippen LogP contribution >= 0.6 is 0 Å². The first-order valence-electron chi connectivity index (χ1n) is 8.21. The molecule has 0 bridgehead atoms. The molecule has 4 nitrogen and oxygen atoms in total. The topological polar surface area (TPSA) is 49.4 Å². The fourth-order valence-corrected chi connectivity index (χ4v) is 2.56. The third-order valence-corrected chi connectivity index (χ3v) is 4.16. The summed E-state index contributed by atoms with van der Waals surface area (Å²) in [5.74, 6) is -0.741. The second-order valence-electron chi connectivity index (χ2n) is 6.10. The molecule has 2 rings (SSSR count). The SMILES string of the molecule is CNC(=O)[C@H](C)N(Cc1ccc(C)cc1)C(=O)Cc1ccc(F)cc1. The van der Waals surface area contributed by atoms with Gasteiger partial charge in [0.05, 0.1) is 6.42 Å². The average Bonchev–Trinajstić information content (AvgIpc) is 2.61. The number of carbonyl (C=O) groups is 2. The highest BCUT2D eigenvalue weighted by molar-refractivity contribution is 5.88. The first-order valence-corrected chi connectivity index (χ1v) is 8.21. The van der Waals surface area contributed by atoms with Crippen LogP contribution in [0.2, 0.25) is 0 Å². The normalized spacial score (nSPS) is 11.7. The van der Waals surface area contributed by atoms with Crippen molar-refractivity contribution in [1.29, 1.82) is 0 Å². The molecule has 0 aliphatic rings. The Balaban J connectivity index is 2.20. The first-order chi connectivity index (χ1) is 11.9. The second-order valence-corrected chi connectivity index (χ2v) is 6.10. The maximum absolute atomic E-state index is 13.0. The molecule has 0 unspecified atom stereocenters. The highest BCUT2D eigenvalue weighted by Gasteiger charge is 2.25. The quantitative estimate of drug-likeness (QED) is 0.878. The maximum atomic E-state index is 13.0. The van der Waals surface area contributed by atoms with E-state index in [9.17, 15) is 14.0 Å². The maximum Gasteiger partial charge on any atom is 0.242 e. The van der Waals surface area contributed by atoms with Gasteiger partial charge in [0.2, 0.25) is 11.8 Å². The highest BCUT2D eigenvalue weighted by atomic mass is 19.1. The molecule has 0 fully saturated rings. The third-order valence-electron chi connectivity index (χ3n) is 4.16. The zero-order valence-electron chi connectivity index (χ0n) is 14.8. The third kappa shape index (κ3) is 5.14. The van der Waals surface area contributed by atoms with E-state index < -0.39 is 6.04 Å². The van der Waals surface area contributed by atoms with Gasteiger partial charge >= 0.3 is 0 Å². The molecule has 2 amide bonds. The van der Waals surface area contributed by atoms with Crippen molar-refractivity contribution in [3.63, 3.8) is 0 Å². The van der Waals surface area contributed by atoms with Crippen molar-refractivity contribution in [3.05, 3.63) is 71.0 Å². The zero-order valence-corrected chi connectivity index (χ0v) is 14.8. The summed E-state index contributed by atoms with van der Waals surface area (Å²) >= 11 is 0. The van der Waals surface area contributed by atoms with E-state index in [1.165, 1.54) is 12.1 Å². The number of rotatable bonds is 6. The van der Waals surface area contributed by atoms with E-state index in [-0.39, 0.29) is 24.1 Å². The number of halogens is 1. The largest absolute Gasteiger partial charge is 0.357 e. The minimum Gasteiger partial charge on any atom is -0.357 e. The van der Waals surface area contributed by atoms with Crippen LogP contribution in [0.25, 0.3) is 0 Å². The second kappa shape index (κ2) is 8.42. The summed E-state index contributed by atoms with van der Waals surface area (Å²) < 4.78 is 13.0. The van der Waals surface area contributed by atoms with Gasteiger partial charge in [-0.05, 0) is 37.1 Å². The van der Waals surface area contributed by atoms with Crippen LogP contribution in [0.5, 0.6) is 0 Å². The van der Waals surface area contributed by atoms with Gasteiger partial charge in [0.15, 0.2) is 0 Å². The number of benzene rings is 2. The van der Waals surface area contributed by atoms with Crippen molar-refractivity contribution >= 4 is 11.8 Å². The van der Waals surface area contributed by atoms with E-state index >= 15 is 0 Å². The minimum absolute atomic E-state index is 0.119. The van der Waals surface area contributed by atoms with Crippen molar-refractivity contribution in [1.82, 2.24) is 10.2 Å². The lowest BCUT2D eigenvalue weighted by Gasteiger charge is -2.28. The molecule has 5 heteroatoms. The summed E-state index contributed by atoms with van der Waals surface area (Å²) in [5, 5.41) is 2.58. The number of hydrogen-bond donors (Lipinski definition) is 1. The fourth-order valence-electron chi connectivity index (χ4n) is 2.56. The molecule has 132 valence electrons. The molecular weight excluding hydrogens is 319 g/mol. The van der Waals surface area contributed by atoms with Gasteiger partial charge in [0, 0.05) is 13.6 Å². The number of carbonyl (C=O) groups excluding carboxylic acids is 2. The Morgan fingerprint density at radius 1 is 1.04 bits per heavy atom. The van der Waals surface area contributed by atoms with E-state index in [0.29, 0.717) is 12.1 Å². The van der Waals surface area contributed by atoms with Gasteiger partial charge < -0.3 is 10.2 Å². The Bertz CT molecular complexity index is 726. The molecule has 1 N–H and O–H groups in total. The lowest BCUT2D eigenvalue weighted by Crippen LogP contribution is -2.47. The van der Waals surface area contributed by atoms with E-state index in [4.69, 9.17) is 0 Å². The molecule has 0 radical (unpaired) electrons. The van der Waals surface area contributed by atoms with Crippen LogP contribution in [0.3, 0.4) is 0 Å². The summed E-state index contributed by atoms with van der Waals surface area (Å²) in [4.78, 5) is 26.4. The van der Waals surface area contributed by atoms with Gasteiger partial charge in [-0.3, -0.25) is 9.59 Å². The number of nitrogens with one attached hydrogen (secondary N) is 1. The summed E-state index contributed by atoms with van der Waals surface area (Å²) in [6.07, 6.45) is 0.119. The van der Waals surface area contributed by atoms with Gasteiger partial charge in [-0.2, -0.15) is 0 Å². The molecule has 0 saturated carbocycles. The van der Waals surface area contributed by atoms with Crippen molar-refractivity contribution in [2.75, 3.05) is 7.05 Å². The van der Waals surface area contributed by atoms with Crippen LogP contribution in [0, 0.1) is 12.7 Å². The van der Waals surface area contributed by atoms with Gasteiger partial charge in [-0.15, -0.1) is 0 Å². The lowest BCUT2D eigenvalue weighted by molar-refractivity contribution is -0.139. The Kier molecular flexibility index (Phi) is 6.28. The van der Waals surface area contributed by atoms with Gasteiger partial charge in [-0.1, -0.05) is 42.0 Å². The van der Waals surface area contributed by atoms with Crippen LogP contribution in [0.4, 0.5) is 4.39 Å². The lowest BCUT2D eigenvalue weighted by atomic mass is 10.1. The van der Waals surface area contributed by atoms with Gasteiger partial charge in [0.25, 0.3) is 0 Å². The molecule has 0 aliphatic carbocycles. The van der Waals surface area contributed by atoms with E-state index in [1.807, 2.05) is 31.2 Å². The summed E-state index contributed by atoms with van der Waals surface area (Å²) in [5.41, 5.74) is 2.80. The van der Waals surface area contributed by atoms with E-state index in [0.717, 1.165) is 11.1 Å². The number of aryl methyl sites for hydroxylation is 1. The van der Waals surface area contributed by atoms with Crippen molar-refractivity contribution in [3.8, 4) is 0 Å². The number of likely N-dealkylation sites (N-methyl/N-ethyl adjacent to an activating group) is 1. The molecule has 0 heterocycles. The summed E-state index contributed by atoms with van der Waals surface area (Å²) in [6.45, 7) is 4.04. The molecule has 1 atom stereocenters. The first kappa shape index (κ1) is 18.6. The molecule has 0 aromatic heterocycles. The predicted octanol–water partition coefficient (Wildman–Crippen LogP) is 2.84. The Morgan fingerprint density at radius 3 is 2.16 bits per heavy atom. The molecule has 0 aliphatic heterocycles. The van der Waals surface area contributed by atoms with Crippen LogP contribution < -0.4 is 5.32 Å². The van der Waals surface area contributed by atoms with Crippen LogP contribution in [-0.4, -0.2) is 29.8 Å². The zero-order chi connectivity index (χ0) is 18.4. The standard InChI is InChI=1S/C20H23FN2O2/c1-14-4-6-17(7-5-14)13-23(15(2)20(25)22-3)19(24)12-16-8-10-18(21)11-9-16/h4-11,15H,12-13H2,1-3H3,(H,22,25)/t15-/m0/s1. The molecule has 0 spiro atoms. The Labute approximate surface area is 147 Å². The number of hydrogen-bond acceptors (Lipinski definition) is 2. The molecule has 0 saturated heterocycles. The fraction of sp³-hybridized carbons (Fsp3) is 0.300. The van der Waals surface area contributed by atoms with Gasteiger partial charge in [-0.25, -0.2) is 4.39 Å². The molecule has 2 aromatic carbocycles. The highest BCUT2D eigenvalue weighted by Crippen LogP contribution is 2.13. The number of nitrogens with zero attached hydrogens (tertiary/aromatic N) is 1. The average molecular weight is 342 g/mol. The van der Waals surface area contributed by atoms with Crippen molar-refractivity contribution < 1.29 is 14.0 Å². The van der Waals surface area contributed by atoms with Crippen molar-refractivity contribution in [2.24, 2.45) is 0 Å². The van der Waals surface area contributed by atoms with E-state index in [1.54, 1.807) is 31.0 Å². The summed E-state index contributed by atoms with van der Waals surface area (Å²) in [6, 6.07) is 13.1. The Hall–Kier alpha value is -2.69. The Morgan fingerprint density at radius 2 is 1.60 bits per heavy atom. The molecular formula is C20H23FN2O2.